The van der Waals surface area contributed by atoms with Crippen LogP contribution in [0.3, 0.4) is 0 Å². The minimum Gasteiger partial charge on any atom is -0.353 e. The van der Waals surface area contributed by atoms with Gasteiger partial charge in [-0.1, -0.05) is 6.92 Å². The van der Waals surface area contributed by atoms with Gasteiger partial charge in [-0.05, 0) is 32.2 Å². The summed E-state index contributed by atoms with van der Waals surface area (Å²) in [5.41, 5.74) is 0. The van der Waals surface area contributed by atoms with Gasteiger partial charge in [0.25, 0.3) is 0 Å². The van der Waals surface area contributed by atoms with Gasteiger partial charge in [0.05, 0.1) is 6.04 Å². The molecule has 0 radical (unpaired) electrons. The Morgan fingerprint density at radius 3 is 2.82 bits per heavy atom. The third-order valence-corrected chi connectivity index (χ3v) is 3.82. The summed E-state index contributed by atoms with van der Waals surface area (Å²) in [5.74, 6) is 0.390. The largest absolute Gasteiger partial charge is 0.353 e. The van der Waals surface area contributed by atoms with Crippen LogP contribution in [0.1, 0.15) is 26.7 Å². The van der Waals surface area contributed by atoms with Crippen LogP contribution < -0.4 is 10.6 Å². The van der Waals surface area contributed by atoms with E-state index in [1.54, 1.807) is 11.8 Å². The highest BCUT2D eigenvalue weighted by Crippen LogP contribution is 2.19. The maximum atomic E-state index is 12.4. The lowest BCUT2D eigenvalue weighted by molar-refractivity contribution is -0.145. The van der Waals surface area contributed by atoms with Crippen LogP contribution in [0.4, 0.5) is 0 Å². The third-order valence-electron chi connectivity index (χ3n) is 3.82. The highest BCUT2D eigenvalue weighted by atomic mass is 16.2. The van der Waals surface area contributed by atoms with E-state index in [9.17, 15) is 9.59 Å². The maximum absolute atomic E-state index is 12.4. The number of carbonyl (C=O) groups excluding carboxylic acids is 2. The Labute approximate surface area is 102 Å². The number of rotatable bonds is 1. The van der Waals surface area contributed by atoms with Crippen LogP contribution in [0.25, 0.3) is 0 Å². The van der Waals surface area contributed by atoms with Crippen LogP contribution in [0.15, 0.2) is 0 Å². The quantitative estimate of drug-likeness (QED) is 0.661. The molecule has 2 fully saturated rings. The zero-order valence-corrected chi connectivity index (χ0v) is 10.5. The first-order valence-electron chi connectivity index (χ1n) is 6.43. The zero-order chi connectivity index (χ0) is 12.4. The lowest BCUT2D eigenvalue weighted by Gasteiger charge is -2.38. The number of piperidine rings is 1. The molecule has 3 atom stereocenters. The molecule has 2 N–H and O–H groups in total. The summed E-state index contributed by atoms with van der Waals surface area (Å²) in [7, 11) is 0. The molecule has 0 aliphatic carbocycles. The van der Waals surface area contributed by atoms with Gasteiger partial charge in [0, 0.05) is 13.1 Å². The fourth-order valence-corrected chi connectivity index (χ4v) is 2.64. The maximum Gasteiger partial charge on any atom is 0.242 e. The summed E-state index contributed by atoms with van der Waals surface area (Å²) < 4.78 is 0. The van der Waals surface area contributed by atoms with E-state index in [0.29, 0.717) is 19.0 Å². The highest BCUT2D eigenvalue weighted by molar-refractivity contribution is 5.90. The second kappa shape index (κ2) is 5.04. The molecular formula is C12H21N3O2. The third kappa shape index (κ3) is 2.44. The van der Waals surface area contributed by atoms with Crippen LogP contribution >= 0.6 is 0 Å². The van der Waals surface area contributed by atoms with Crippen LogP contribution in [-0.2, 0) is 9.59 Å². The topological polar surface area (TPSA) is 61.4 Å². The molecule has 17 heavy (non-hydrogen) atoms. The Morgan fingerprint density at radius 1 is 1.35 bits per heavy atom. The minimum atomic E-state index is -0.341. The molecular weight excluding hydrogens is 218 g/mol. The summed E-state index contributed by atoms with van der Waals surface area (Å²) in [6, 6.07) is -0.454. The van der Waals surface area contributed by atoms with E-state index >= 15 is 0 Å². The molecule has 2 aliphatic rings. The fourth-order valence-electron chi connectivity index (χ4n) is 2.64. The number of hydrogen-bond donors (Lipinski definition) is 2. The van der Waals surface area contributed by atoms with E-state index in [2.05, 4.69) is 17.6 Å². The number of piperazine rings is 1. The SMILES string of the molecule is CC1CCCNC1C(=O)N1CCNC(=O)C1C. The van der Waals surface area contributed by atoms with E-state index in [1.165, 1.54) is 0 Å². The molecule has 2 amide bonds. The van der Waals surface area contributed by atoms with Crippen molar-refractivity contribution >= 4 is 11.8 Å². The van der Waals surface area contributed by atoms with E-state index in [-0.39, 0.29) is 23.9 Å². The first kappa shape index (κ1) is 12.4. The predicted octanol–water partition coefficient (Wildman–Crippen LogP) is -0.279. The van der Waals surface area contributed by atoms with Crippen molar-refractivity contribution < 1.29 is 9.59 Å². The Balaban J connectivity index is 2.05. The van der Waals surface area contributed by atoms with Crippen molar-refractivity contribution in [2.75, 3.05) is 19.6 Å². The summed E-state index contributed by atoms with van der Waals surface area (Å²) in [6.07, 6.45) is 2.21. The van der Waals surface area contributed by atoms with Crippen LogP contribution in [0.2, 0.25) is 0 Å². The van der Waals surface area contributed by atoms with Crippen molar-refractivity contribution in [2.24, 2.45) is 5.92 Å². The van der Waals surface area contributed by atoms with Gasteiger partial charge in [0.2, 0.25) is 11.8 Å². The Kier molecular flexibility index (Phi) is 3.66. The molecule has 5 heteroatoms. The number of nitrogens with zero attached hydrogens (tertiary/aromatic N) is 1. The van der Waals surface area contributed by atoms with Crippen LogP contribution in [0, 0.1) is 5.92 Å². The molecule has 96 valence electrons. The Hall–Kier alpha value is -1.10. The highest BCUT2D eigenvalue weighted by Gasteiger charge is 2.36. The van der Waals surface area contributed by atoms with Crippen LogP contribution in [-0.4, -0.2) is 48.4 Å². The summed E-state index contributed by atoms with van der Waals surface area (Å²) in [4.78, 5) is 25.7. The fraction of sp³-hybridized carbons (Fsp3) is 0.833. The lowest BCUT2D eigenvalue weighted by atomic mass is 9.91. The molecule has 0 aromatic carbocycles. The number of nitrogens with one attached hydrogen (secondary N) is 2. The van der Waals surface area contributed by atoms with Crippen molar-refractivity contribution in [2.45, 2.75) is 38.8 Å². The number of carbonyl (C=O) groups is 2. The average molecular weight is 239 g/mol. The van der Waals surface area contributed by atoms with Gasteiger partial charge in [0.1, 0.15) is 6.04 Å². The predicted molar refractivity (Wildman–Crippen MR) is 64.4 cm³/mol. The van der Waals surface area contributed by atoms with Crippen molar-refractivity contribution in [1.82, 2.24) is 15.5 Å². The van der Waals surface area contributed by atoms with Gasteiger partial charge in [-0.3, -0.25) is 9.59 Å². The normalized spacial score (nSPS) is 34.4. The van der Waals surface area contributed by atoms with Gasteiger partial charge < -0.3 is 15.5 Å². The van der Waals surface area contributed by atoms with E-state index in [4.69, 9.17) is 0 Å². The molecule has 5 nitrogen and oxygen atoms in total. The van der Waals surface area contributed by atoms with Crippen molar-refractivity contribution in [3.8, 4) is 0 Å². The molecule has 0 spiro atoms. The van der Waals surface area contributed by atoms with Crippen molar-refractivity contribution in [1.29, 1.82) is 0 Å². The molecule has 2 saturated heterocycles. The number of hydrogen-bond acceptors (Lipinski definition) is 3. The smallest absolute Gasteiger partial charge is 0.242 e. The van der Waals surface area contributed by atoms with Gasteiger partial charge in [-0.15, -0.1) is 0 Å². The average Bonchev–Trinajstić information content (AvgIpc) is 2.32. The molecule has 0 saturated carbocycles. The van der Waals surface area contributed by atoms with E-state index in [0.717, 1.165) is 19.4 Å². The van der Waals surface area contributed by atoms with Gasteiger partial charge >= 0.3 is 0 Å². The van der Waals surface area contributed by atoms with Gasteiger partial charge in [0.15, 0.2) is 0 Å². The second-order valence-electron chi connectivity index (χ2n) is 5.05. The first-order chi connectivity index (χ1) is 8.11. The molecule has 2 rings (SSSR count). The van der Waals surface area contributed by atoms with Crippen LogP contribution in [0.5, 0.6) is 0 Å². The Morgan fingerprint density at radius 2 is 2.12 bits per heavy atom. The summed E-state index contributed by atoms with van der Waals surface area (Å²) >= 11 is 0. The van der Waals surface area contributed by atoms with Gasteiger partial charge in [-0.25, -0.2) is 0 Å². The summed E-state index contributed by atoms with van der Waals surface area (Å²) in [5, 5.41) is 6.06. The standard InChI is InChI=1S/C12H21N3O2/c1-8-4-3-5-13-10(8)12(17)15-7-6-14-11(16)9(15)2/h8-10,13H,3-7H2,1-2H3,(H,14,16). The monoisotopic (exact) mass is 239 g/mol. The van der Waals surface area contributed by atoms with Gasteiger partial charge in [-0.2, -0.15) is 0 Å². The van der Waals surface area contributed by atoms with E-state index in [1.807, 2.05) is 0 Å². The molecule has 2 aliphatic heterocycles. The van der Waals surface area contributed by atoms with E-state index < -0.39 is 0 Å². The number of amides is 2. The zero-order valence-electron chi connectivity index (χ0n) is 10.5. The molecule has 0 aromatic rings. The lowest BCUT2D eigenvalue weighted by Crippen LogP contribution is -2.61. The molecule has 3 unspecified atom stereocenters. The molecule has 0 bridgehead atoms. The summed E-state index contributed by atoms with van der Waals surface area (Å²) in [6.45, 7) is 5.98. The Bertz CT molecular complexity index is 319. The first-order valence-corrected chi connectivity index (χ1v) is 6.43. The second-order valence-corrected chi connectivity index (χ2v) is 5.05. The minimum absolute atomic E-state index is 0.0481. The van der Waals surface area contributed by atoms with Crippen molar-refractivity contribution in [3.63, 3.8) is 0 Å². The molecule has 0 aromatic heterocycles. The molecule has 2 heterocycles. The van der Waals surface area contributed by atoms with Crippen molar-refractivity contribution in [3.05, 3.63) is 0 Å².